The Hall–Kier alpha value is -0.140. The van der Waals surface area contributed by atoms with E-state index < -0.39 is 0 Å². The lowest BCUT2D eigenvalue weighted by molar-refractivity contribution is -0.0852. The molecule has 2 aliphatic heterocycles. The predicted molar refractivity (Wildman–Crippen MR) is 85.0 cm³/mol. The molecule has 3 N–H and O–H groups in total. The van der Waals surface area contributed by atoms with Crippen LogP contribution in [0.25, 0.3) is 0 Å². The molecule has 3 heterocycles. The van der Waals surface area contributed by atoms with Crippen molar-refractivity contribution < 1.29 is 4.74 Å². The van der Waals surface area contributed by atoms with E-state index in [9.17, 15) is 0 Å². The molecule has 0 aromatic carbocycles. The van der Waals surface area contributed by atoms with Crippen LogP contribution in [-0.4, -0.2) is 28.7 Å². The Labute approximate surface area is 128 Å². The Kier molecular flexibility index (Phi) is 4.38. The van der Waals surface area contributed by atoms with Gasteiger partial charge in [-0.2, -0.15) is 11.8 Å². The largest absolute Gasteiger partial charge is 0.374 e. The zero-order valence-electron chi connectivity index (χ0n) is 12.1. The highest BCUT2D eigenvalue weighted by Gasteiger charge is 2.43. The normalized spacial score (nSPS) is 31.9. The maximum absolute atomic E-state index is 6.12. The number of nitrogens with one attached hydrogen (secondary N) is 1. The maximum atomic E-state index is 6.12. The van der Waals surface area contributed by atoms with E-state index in [0.717, 1.165) is 35.9 Å². The minimum Gasteiger partial charge on any atom is -0.374 e. The van der Waals surface area contributed by atoms with Gasteiger partial charge in [0, 0.05) is 17.2 Å². The molecule has 112 valence electrons. The fraction of sp³-hybridized carbons (Fsp3) is 0.786. The Morgan fingerprint density at radius 3 is 2.95 bits per heavy atom. The Morgan fingerprint density at radius 1 is 1.50 bits per heavy atom. The third kappa shape index (κ3) is 2.76. The molecule has 6 heteroatoms. The summed E-state index contributed by atoms with van der Waals surface area (Å²) in [6.45, 7) is 5.01. The van der Waals surface area contributed by atoms with Crippen molar-refractivity contribution in [3.8, 4) is 0 Å². The molecule has 1 aromatic heterocycles. The van der Waals surface area contributed by atoms with Gasteiger partial charge in [-0.3, -0.25) is 11.3 Å². The van der Waals surface area contributed by atoms with E-state index in [1.807, 2.05) is 11.8 Å². The molecule has 2 fully saturated rings. The first kappa shape index (κ1) is 14.8. The first-order valence-corrected chi connectivity index (χ1v) is 9.22. The van der Waals surface area contributed by atoms with Crippen LogP contribution in [0.15, 0.2) is 0 Å². The van der Waals surface area contributed by atoms with Crippen LogP contribution >= 0.6 is 23.1 Å². The van der Waals surface area contributed by atoms with Crippen molar-refractivity contribution in [2.24, 2.45) is 11.8 Å². The van der Waals surface area contributed by atoms with E-state index in [0.29, 0.717) is 5.92 Å². The van der Waals surface area contributed by atoms with Gasteiger partial charge in [-0.1, -0.05) is 0 Å². The fourth-order valence-corrected chi connectivity index (χ4v) is 5.93. The number of hydrogen-bond acceptors (Lipinski definition) is 6. The third-order valence-electron chi connectivity index (χ3n) is 4.47. The Bertz CT molecular complexity index is 471. The van der Waals surface area contributed by atoms with Gasteiger partial charge in [0.25, 0.3) is 0 Å². The molecule has 0 amide bonds. The Morgan fingerprint density at radius 2 is 2.35 bits per heavy atom. The van der Waals surface area contributed by atoms with Gasteiger partial charge >= 0.3 is 0 Å². The van der Waals surface area contributed by atoms with Crippen molar-refractivity contribution in [2.45, 2.75) is 44.8 Å². The predicted octanol–water partition coefficient (Wildman–Crippen LogP) is 2.57. The van der Waals surface area contributed by atoms with E-state index in [2.05, 4.69) is 24.3 Å². The van der Waals surface area contributed by atoms with E-state index >= 15 is 0 Å². The van der Waals surface area contributed by atoms with Crippen LogP contribution in [0.4, 0.5) is 0 Å². The van der Waals surface area contributed by atoms with E-state index in [4.69, 9.17) is 10.6 Å². The van der Waals surface area contributed by atoms with Crippen molar-refractivity contribution >= 4 is 23.1 Å². The topological polar surface area (TPSA) is 60.2 Å². The molecule has 4 nitrogen and oxygen atoms in total. The third-order valence-corrected chi connectivity index (χ3v) is 6.85. The highest BCUT2D eigenvalue weighted by molar-refractivity contribution is 7.99. The standard InChI is InChI=1S/C14H23N3OS2/c1-9-13(20-10(2)16-9)12(17-15)11-3-5-18-14(7-11)4-6-19-8-14/h11-12,17H,3-8,15H2,1-2H3. The van der Waals surface area contributed by atoms with Crippen LogP contribution in [0.1, 0.15) is 40.9 Å². The first-order valence-electron chi connectivity index (χ1n) is 7.25. The van der Waals surface area contributed by atoms with Crippen molar-refractivity contribution in [3.05, 3.63) is 15.6 Å². The van der Waals surface area contributed by atoms with Crippen LogP contribution in [0.3, 0.4) is 0 Å². The van der Waals surface area contributed by atoms with Gasteiger partial charge in [-0.05, 0) is 44.8 Å². The van der Waals surface area contributed by atoms with Crippen molar-refractivity contribution in [1.82, 2.24) is 10.4 Å². The molecular formula is C14H23N3OS2. The molecule has 3 unspecified atom stereocenters. The fourth-order valence-electron chi connectivity index (χ4n) is 3.47. The van der Waals surface area contributed by atoms with Crippen LogP contribution < -0.4 is 11.3 Å². The number of ether oxygens (including phenoxy) is 1. The van der Waals surface area contributed by atoms with Gasteiger partial charge in [0.2, 0.25) is 0 Å². The molecule has 3 atom stereocenters. The van der Waals surface area contributed by atoms with Gasteiger partial charge in [0.15, 0.2) is 0 Å². The zero-order chi connectivity index (χ0) is 14.2. The maximum Gasteiger partial charge on any atom is 0.0900 e. The van der Waals surface area contributed by atoms with Crippen LogP contribution in [0.5, 0.6) is 0 Å². The highest BCUT2D eigenvalue weighted by Crippen LogP contribution is 2.44. The summed E-state index contributed by atoms with van der Waals surface area (Å²) in [5, 5.41) is 1.12. The summed E-state index contributed by atoms with van der Waals surface area (Å²) in [5.74, 6) is 8.80. The molecule has 2 saturated heterocycles. The molecule has 1 aromatic rings. The molecule has 0 bridgehead atoms. The average Bonchev–Trinajstić information content (AvgIpc) is 2.99. The minimum atomic E-state index is 0.107. The van der Waals surface area contributed by atoms with E-state index in [1.54, 1.807) is 11.3 Å². The minimum absolute atomic E-state index is 0.107. The summed E-state index contributed by atoms with van der Waals surface area (Å²) in [6, 6.07) is 0.215. The SMILES string of the molecule is Cc1nc(C)c(C(NN)C2CCOC3(CCSC3)C2)s1. The Balaban J connectivity index is 1.80. The zero-order valence-corrected chi connectivity index (χ0v) is 13.8. The number of aryl methyl sites for hydroxylation is 2. The molecular weight excluding hydrogens is 290 g/mol. The molecule has 3 rings (SSSR count). The number of nitrogens with zero attached hydrogens (tertiary/aromatic N) is 1. The van der Waals surface area contributed by atoms with Crippen molar-refractivity contribution in [2.75, 3.05) is 18.1 Å². The highest BCUT2D eigenvalue weighted by atomic mass is 32.2. The monoisotopic (exact) mass is 313 g/mol. The number of nitrogens with two attached hydrogens (primary N) is 1. The lowest BCUT2D eigenvalue weighted by Gasteiger charge is -2.40. The van der Waals surface area contributed by atoms with Crippen LogP contribution in [0.2, 0.25) is 0 Å². The van der Waals surface area contributed by atoms with Crippen molar-refractivity contribution in [3.63, 3.8) is 0 Å². The summed E-state index contributed by atoms with van der Waals surface area (Å²) < 4.78 is 6.12. The number of thiazole rings is 1. The summed E-state index contributed by atoms with van der Waals surface area (Å²) in [6.07, 6.45) is 3.38. The molecule has 2 aliphatic rings. The van der Waals surface area contributed by atoms with Gasteiger partial charge < -0.3 is 4.74 Å². The molecule has 1 spiro atoms. The number of aromatic nitrogens is 1. The van der Waals surface area contributed by atoms with Crippen LogP contribution in [0, 0.1) is 19.8 Å². The molecule has 0 aliphatic carbocycles. The van der Waals surface area contributed by atoms with Gasteiger partial charge in [0.1, 0.15) is 0 Å². The molecule has 0 radical (unpaired) electrons. The second-order valence-corrected chi connectivity index (χ2v) is 8.25. The summed E-state index contributed by atoms with van der Waals surface area (Å²) in [7, 11) is 0. The van der Waals surface area contributed by atoms with E-state index in [-0.39, 0.29) is 11.6 Å². The first-order chi connectivity index (χ1) is 9.63. The summed E-state index contributed by atoms with van der Waals surface area (Å²) in [4.78, 5) is 5.85. The number of rotatable bonds is 3. The smallest absolute Gasteiger partial charge is 0.0900 e. The second kappa shape index (κ2) is 5.93. The lowest BCUT2D eigenvalue weighted by Crippen LogP contribution is -2.45. The van der Waals surface area contributed by atoms with E-state index in [1.165, 1.54) is 17.1 Å². The average molecular weight is 313 g/mol. The number of hydrazine groups is 1. The van der Waals surface area contributed by atoms with Gasteiger partial charge in [0.05, 0.1) is 22.3 Å². The van der Waals surface area contributed by atoms with Crippen molar-refractivity contribution in [1.29, 1.82) is 0 Å². The quantitative estimate of drug-likeness (QED) is 0.663. The number of thioether (sulfide) groups is 1. The number of hydrogen-bond donors (Lipinski definition) is 2. The molecule has 20 heavy (non-hydrogen) atoms. The second-order valence-electron chi connectivity index (χ2n) is 5.91. The lowest BCUT2D eigenvalue weighted by atomic mass is 9.80. The van der Waals surface area contributed by atoms with Gasteiger partial charge in [-0.25, -0.2) is 4.98 Å². The van der Waals surface area contributed by atoms with Gasteiger partial charge in [-0.15, -0.1) is 11.3 Å². The summed E-state index contributed by atoms with van der Waals surface area (Å²) in [5.41, 5.74) is 4.29. The molecule has 0 saturated carbocycles. The summed E-state index contributed by atoms with van der Waals surface area (Å²) >= 11 is 3.79. The van der Waals surface area contributed by atoms with Crippen LogP contribution in [-0.2, 0) is 4.74 Å².